The fourth-order valence-electron chi connectivity index (χ4n) is 2.05. The van der Waals surface area contributed by atoms with Crippen LogP contribution < -0.4 is 16.2 Å². The second-order valence-corrected chi connectivity index (χ2v) is 6.50. The van der Waals surface area contributed by atoms with E-state index in [1.807, 2.05) is 0 Å². The van der Waals surface area contributed by atoms with Gasteiger partial charge in [0.2, 0.25) is 0 Å². The van der Waals surface area contributed by atoms with Gasteiger partial charge in [-0.15, -0.1) is 0 Å². The number of carbonyl (C=O) groups is 2. The maximum atomic E-state index is 12.3. The second-order valence-electron chi connectivity index (χ2n) is 6.50. The van der Waals surface area contributed by atoms with E-state index in [4.69, 9.17) is 4.74 Å². The molecule has 0 bridgehead atoms. The Bertz CT molecular complexity index is 850. The van der Waals surface area contributed by atoms with Gasteiger partial charge in [0.15, 0.2) is 0 Å². The van der Waals surface area contributed by atoms with Gasteiger partial charge in [-0.1, -0.05) is 6.07 Å². The number of hydrogen-bond acceptors (Lipinski definition) is 4. The predicted octanol–water partition coefficient (Wildman–Crippen LogP) is 2.98. The van der Waals surface area contributed by atoms with E-state index in [-0.39, 0.29) is 11.2 Å². The van der Waals surface area contributed by atoms with Crippen LogP contribution in [0.3, 0.4) is 0 Å². The van der Waals surface area contributed by atoms with Crippen molar-refractivity contribution in [3.63, 3.8) is 0 Å². The Kier molecular flexibility index (Phi) is 5.26. The zero-order chi connectivity index (χ0) is 18.6. The summed E-state index contributed by atoms with van der Waals surface area (Å²) in [6.45, 7) is 5.28. The van der Waals surface area contributed by atoms with Gasteiger partial charge < -0.3 is 14.6 Å². The van der Waals surface area contributed by atoms with E-state index in [9.17, 15) is 14.4 Å². The molecule has 1 aromatic heterocycles. The molecule has 0 atom stereocenters. The van der Waals surface area contributed by atoms with Gasteiger partial charge in [-0.2, -0.15) is 0 Å². The smallest absolute Gasteiger partial charge is 0.412 e. The van der Waals surface area contributed by atoms with Crippen molar-refractivity contribution in [3.05, 3.63) is 58.5 Å². The molecule has 0 aliphatic rings. The van der Waals surface area contributed by atoms with E-state index in [1.165, 1.54) is 16.7 Å². The number of amides is 2. The zero-order valence-corrected chi connectivity index (χ0v) is 14.6. The molecule has 0 fully saturated rings. The highest BCUT2D eigenvalue weighted by atomic mass is 16.6. The summed E-state index contributed by atoms with van der Waals surface area (Å²) in [5.74, 6) is -0.448. The molecule has 0 radical (unpaired) electrons. The molecule has 2 N–H and O–H groups in total. The van der Waals surface area contributed by atoms with Crippen LogP contribution >= 0.6 is 0 Å². The zero-order valence-electron chi connectivity index (χ0n) is 14.6. The standard InChI is InChI=1S/C18H21N3O4/c1-18(2,3)25-17(24)19-13-8-5-7-12(11-13)15(22)20-14-9-6-10-21(4)16(14)23/h5-11H,1-4H3,(H,19,24)(H,20,22). The highest BCUT2D eigenvalue weighted by molar-refractivity contribution is 6.05. The fraction of sp³-hybridized carbons (Fsp3) is 0.278. The molecule has 0 aliphatic carbocycles. The highest BCUT2D eigenvalue weighted by Gasteiger charge is 2.17. The van der Waals surface area contributed by atoms with E-state index in [0.29, 0.717) is 11.3 Å². The Hall–Kier alpha value is -3.09. The number of aryl methyl sites for hydroxylation is 1. The molecule has 1 aromatic carbocycles. The van der Waals surface area contributed by atoms with Gasteiger partial charge in [-0.05, 0) is 51.1 Å². The lowest BCUT2D eigenvalue weighted by molar-refractivity contribution is 0.0635. The first-order valence-corrected chi connectivity index (χ1v) is 7.73. The van der Waals surface area contributed by atoms with E-state index < -0.39 is 17.6 Å². The van der Waals surface area contributed by atoms with Crippen LogP contribution in [0.4, 0.5) is 16.2 Å². The van der Waals surface area contributed by atoms with Gasteiger partial charge in [0.05, 0.1) is 0 Å². The third-order valence-electron chi connectivity index (χ3n) is 3.14. The number of anilines is 2. The molecule has 25 heavy (non-hydrogen) atoms. The van der Waals surface area contributed by atoms with Gasteiger partial charge >= 0.3 is 6.09 Å². The number of nitrogens with one attached hydrogen (secondary N) is 2. The number of rotatable bonds is 3. The lowest BCUT2D eigenvalue weighted by Gasteiger charge is -2.19. The molecule has 0 unspecified atom stereocenters. The number of pyridine rings is 1. The number of ether oxygens (including phenoxy) is 1. The van der Waals surface area contributed by atoms with Crippen molar-refractivity contribution in [1.82, 2.24) is 4.57 Å². The largest absolute Gasteiger partial charge is 0.444 e. The first-order valence-electron chi connectivity index (χ1n) is 7.73. The summed E-state index contributed by atoms with van der Waals surface area (Å²) in [5.41, 5.74) is -0.0198. The van der Waals surface area contributed by atoms with Gasteiger partial charge in [0.25, 0.3) is 11.5 Å². The summed E-state index contributed by atoms with van der Waals surface area (Å²) in [6.07, 6.45) is 0.991. The van der Waals surface area contributed by atoms with Crippen molar-refractivity contribution in [3.8, 4) is 0 Å². The quantitative estimate of drug-likeness (QED) is 0.896. The van der Waals surface area contributed by atoms with Crippen molar-refractivity contribution >= 4 is 23.4 Å². The Morgan fingerprint density at radius 3 is 2.48 bits per heavy atom. The number of hydrogen-bond donors (Lipinski definition) is 2. The summed E-state index contributed by atoms with van der Waals surface area (Å²) in [4.78, 5) is 36.1. The summed E-state index contributed by atoms with van der Waals surface area (Å²) >= 11 is 0. The summed E-state index contributed by atoms with van der Waals surface area (Å²) in [5, 5.41) is 5.14. The minimum atomic E-state index is -0.619. The molecular weight excluding hydrogens is 322 g/mol. The Balaban J connectivity index is 2.12. The predicted molar refractivity (Wildman–Crippen MR) is 95.9 cm³/mol. The SMILES string of the molecule is Cn1cccc(NC(=O)c2cccc(NC(=O)OC(C)(C)C)c2)c1=O. The van der Waals surface area contributed by atoms with E-state index in [1.54, 1.807) is 58.3 Å². The van der Waals surface area contributed by atoms with Crippen molar-refractivity contribution < 1.29 is 14.3 Å². The average molecular weight is 343 g/mol. The molecule has 0 aliphatic heterocycles. The first kappa shape index (κ1) is 18.3. The molecule has 132 valence electrons. The average Bonchev–Trinajstić information content (AvgIpc) is 2.50. The van der Waals surface area contributed by atoms with Crippen LogP contribution in [0, 0.1) is 0 Å². The van der Waals surface area contributed by atoms with E-state index >= 15 is 0 Å². The molecule has 2 amide bonds. The topological polar surface area (TPSA) is 89.4 Å². The Labute approximate surface area is 145 Å². The van der Waals surface area contributed by atoms with Crippen LogP contribution in [0.15, 0.2) is 47.4 Å². The number of aromatic nitrogens is 1. The monoisotopic (exact) mass is 343 g/mol. The Morgan fingerprint density at radius 2 is 1.80 bits per heavy atom. The maximum Gasteiger partial charge on any atom is 0.412 e. The van der Waals surface area contributed by atoms with Crippen molar-refractivity contribution in [2.45, 2.75) is 26.4 Å². The molecule has 0 saturated carbocycles. The lowest BCUT2D eigenvalue weighted by Crippen LogP contribution is -2.27. The third kappa shape index (κ3) is 5.20. The van der Waals surface area contributed by atoms with E-state index in [0.717, 1.165) is 0 Å². The second kappa shape index (κ2) is 7.21. The summed E-state index contributed by atoms with van der Waals surface area (Å²) in [7, 11) is 1.60. The minimum Gasteiger partial charge on any atom is -0.444 e. The third-order valence-corrected chi connectivity index (χ3v) is 3.14. The summed E-state index contributed by atoms with van der Waals surface area (Å²) in [6, 6.07) is 9.56. The van der Waals surface area contributed by atoms with Crippen molar-refractivity contribution in [2.24, 2.45) is 7.05 Å². The molecule has 2 rings (SSSR count). The van der Waals surface area contributed by atoms with Crippen molar-refractivity contribution in [2.75, 3.05) is 10.6 Å². The van der Waals surface area contributed by atoms with Crippen molar-refractivity contribution in [1.29, 1.82) is 0 Å². The minimum absolute atomic E-state index is 0.181. The van der Waals surface area contributed by atoms with Gasteiger partial charge in [0.1, 0.15) is 11.3 Å². The molecule has 0 saturated heterocycles. The van der Waals surface area contributed by atoms with Gasteiger partial charge in [-0.25, -0.2) is 4.79 Å². The number of benzene rings is 1. The van der Waals surface area contributed by atoms with Crippen LogP contribution in [-0.4, -0.2) is 22.2 Å². The van der Waals surface area contributed by atoms with E-state index in [2.05, 4.69) is 10.6 Å². The normalized spacial score (nSPS) is 10.9. The van der Waals surface area contributed by atoms with Crippen LogP contribution in [0.5, 0.6) is 0 Å². The fourth-order valence-corrected chi connectivity index (χ4v) is 2.05. The molecule has 7 heteroatoms. The Morgan fingerprint density at radius 1 is 1.08 bits per heavy atom. The maximum absolute atomic E-state index is 12.3. The molecule has 0 spiro atoms. The summed E-state index contributed by atoms with van der Waals surface area (Å²) < 4.78 is 6.54. The number of carbonyl (C=O) groups excluding carboxylic acids is 2. The van der Waals surface area contributed by atoms with Crippen LogP contribution in [0.1, 0.15) is 31.1 Å². The first-order chi connectivity index (χ1) is 11.7. The number of nitrogens with zero attached hydrogens (tertiary/aromatic N) is 1. The molecular formula is C18H21N3O4. The van der Waals surface area contributed by atoms with Gasteiger partial charge in [0, 0.05) is 24.5 Å². The van der Waals surface area contributed by atoms with Crippen LogP contribution in [-0.2, 0) is 11.8 Å². The lowest BCUT2D eigenvalue weighted by atomic mass is 10.2. The van der Waals surface area contributed by atoms with Gasteiger partial charge in [-0.3, -0.25) is 14.9 Å². The highest BCUT2D eigenvalue weighted by Crippen LogP contribution is 2.14. The molecule has 2 aromatic rings. The molecule has 7 nitrogen and oxygen atoms in total. The van der Waals surface area contributed by atoms with Crippen LogP contribution in [0.25, 0.3) is 0 Å². The molecule has 1 heterocycles. The van der Waals surface area contributed by atoms with Crippen LogP contribution in [0.2, 0.25) is 0 Å².